The SMILES string of the molecule is CO[Si](C)(C)C([Si](C)C)([Si](C)(C)C)[Si](C)(C)C. The van der Waals surface area contributed by atoms with Crippen LogP contribution in [0, 0.1) is 0 Å². The summed E-state index contributed by atoms with van der Waals surface area (Å²) < 4.78 is 6.77. The van der Waals surface area contributed by atoms with Crippen molar-refractivity contribution in [3.63, 3.8) is 0 Å². The maximum absolute atomic E-state index is 6.15. The normalized spacial score (nSPS) is 15.5. The second-order valence-electron chi connectivity index (χ2n) is 7.96. The van der Waals surface area contributed by atoms with E-state index in [1.54, 1.807) is 0 Å². The van der Waals surface area contributed by atoms with Crippen molar-refractivity contribution in [2.45, 2.75) is 69.4 Å². The average molecular weight is 306 g/mol. The van der Waals surface area contributed by atoms with E-state index in [2.05, 4.69) is 65.5 Å². The molecule has 103 valence electrons. The predicted octanol–water partition coefficient (Wildman–Crippen LogP) is 4.63. The summed E-state index contributed by atoms with van der Waals surface area (Å²) in [5.41, 5.74) is 0. The highest BCUT2D eigenvalue weighted by Gasteiger charge is 2.64. The first-order valence-corrected chi connectivity index (χ1v) is 19.0. The van der Waals surface area contributed by atoms with Crippen molar-refractivity contribution in [2.75, 3.05) is 7.11 Å². The molecule has 17 heavy (non-hydrogen) atoms. The third kappa shape index (κ3) is 2.73. The lowest BCUT2D eigenvalue weighted by molar-refractivity contribution is 0.401. The molecule has 0 unspecified atom stereocenters. The minimum atomic E-state index is -1.62. The van der Waals surface area contributed by atoms with E-state index in [0.717, 1.165) is 0 Å². The Morgan fingerprint density at radius 2 is 1.06 bits per heavy atom. The Bertz CT molecular complexity index is 247. The molecule has 1 nitrogen and oxygen atoms in total. The van der Waals surface area contributed by atoms with Gasteiger partial charge in [-0.3, -0.25) is 0 Å². The summed E-state index contributed by atoms with van der Waals surface area (Å²) in [7, 11) is -2.51. The monoisotopic (exact) mass is 305 g/mol. The van der Waals surface area contributed by atoms with E-state index >= 15 is 0 Å². The van der Waals surface area contributed by atoms with Crippen LogP contribution in [0.3, 0.4) is 0 Å². The molecule has 5 heteroatoms. The van der Waals surface area contributed by atoms with E-state index < -0.39 is 24.5 Å². The molecule has 1 radical (unpaired) electrons. The molecule has 0 aliphatic rings. The van der Waals surface area contributed by atoms with Gasteiger partial charge in [0.25, 0.3) is 0 Å². The van der Waals surface area contributed by atoms with E-state index in [9.17, 15) is 0 Å². The van der Waals surface area contributed by atoms with Gasteiger partial charge in [0.05, 0.1) is 0 Å². The van der Waals surface area contributed by atoms with Crippen molar-refractivity contribution in [1.29, 1.82) is 0 Å². The van der Waals surface area contributed by atoms with Crippen LogP contribution in [0.1, 0.15) is 0 Å². The minimum absolute atomic E-state index is 0.356. The van der Waals surface area contributed by atoms with Crippen LogP contribution in [0.4, 0.5) is 0 Å². The van der Waals surface area contributed by atoms with E-state index in [-0.39, 0.29) is 8.80 Å². The molecule has 0 aromatic rings. The van der Waals surface area contributed by atoms with Gasteiger partial charge in [-0.15, -0.1) is 0 Å². The molecule has 0 saturated carbocycles. The van der Waals surface area contributed by atoms with Crippen LogP contribution in [-0.2, 0) is 4.43 Å². The van der Waals surface area contributed by atoms with Crippen LogP contribution >= 0.6 is 0 Å². The quantitative estimate of drug-likeness (QED) is 0.673. The molecule has 0 aromatic carbocycles. The lowest BCUT2D eigenvalue weighted by atomic mass is 11.6. The van der Waals surface area contributed by atoms with Gasteiger partial charge in [0.2, 0.25) is 0 Å². The van der Waals surface area contributed by atoms with Crippen LogP contribution < -0.4 is 0 Å². The maximum Gasteiger partial charge on any atom is 0.184 e. The summed E-state index contributed by atoms with van der Waals surface area (Å²) in [6, 6.07) is 0. The fourth-order valence-electron chi connectivity index (χ4n) is 5.19. The summed E-state index contributed by atoms with van der Waals surface area (Å²) in [4.78, 5) is 0. The second-order valence-corrected chi connectivity index (χ2v) is 28.4. The Balaban J connectivity index is 6.16. The van der Waals surface area contributed by atoms with Gasteiger partial charge < -0.3 is 4.43 Å². The second kappa shape index (κ2) is 5.07. The van der Waals surface area contributed by atoms with Gasteiger partial charge in [0.1, 0.15) is 0 Å². The Labute approximate surface area is 114 Å². The molecule has 0 aliphatic heterocycles. The lowest BCUT2D eigenvalue weighted by Gasteiger charge is -2.61. The zero-order valence-corrected chi connectivity index (χ0v) is 17.9. The Hall–Kier alpha value is 0.828. The van der Waals surface area contributed by atoms with Crippen molar-refractivity contribution in [3.8, 4) is 0 Å². The molecular formula is C12H33OSi4. The fraction of sp³-hybridized carbons (Fsp3) is 1.00. The van der Waals surface area contributed by atoms with Gasteiger partial charge in [-0.05, 0) is 17.0 Å². The molecular weight excluding hydrogens is 272 g/mol. The molecule has 0 aliphatic carbocycles. The van der Waals surface area contributed by atoms with Crippen molar-refractivity contribution in [3.05, 3.63) is 0 Å². The summed E-state index contributed by atoms with van der Waals surface area (Å²) in [6.45, 7) is 25.5. The molecule has 0 N–H and O–H groups in total. The topological polar surface area (TPSA) is 9.23 Å². The van der Waals surface area contributed by atoms with Gasteiger partial charge in [-0.1, -0.05) is 52.4 Å². The molecule has 0 bridgehead atoms. The van der Waals surface area contributed by atoms with E-state index in [1.807, 2.05) is 7.11 Å². The zero-order valence-electron chi connectivity index (χ0n) is 13.9. The zero-order chi connectivity index (χ0) is 14.3. The van der Waals surface area contributed by atoms with Crippen LogP contribution in [0.5, 0.6) is 0 Å². The van der Waals surface area contributed by atoms with Crippen molar-refractivity contribution in [2.24, 2.45) is 0 Å². The van der Waals surface area contributed by atoms with Crippen molar-refractivity contribution in [1.82, 2.24) is 0 Å². The van der Waals surface area contributed by atoms with Gasteiger partial charge in [0.15, 0.2) is 8.32 Å². The summed E-state index contributed by atoms with van der Waals surface area (Å²) >= 11 is 0. The van der Waals surface area contributed by atoms with Crippen LogP contribution in [0.2, 0.25) is 69.4 Å². The van der Waals surface area contributed by atoms with Gasteiger partial charge in [0, 0.05) is 32.1 Å². The highest BCUT2D eigenvalue weighted by atomic mass is 28.5. The van der Waals surface area contributed by atoms with Gasteiger partial charge in [-0.2, -0.15) is 0 Å². The Kier molecular flexibility index (Phi) is 5.32. The van der Waals surface area contributed by atoms with Crippen LogP contribution in [0.25, 0.3) is 0 Å². The first-order chi connectivity index (χ1) is 7.25. The predicted molar refractivity (Wildman–Crippen MR) is 91.4 cm³/mol. The molecule has 0 saturated heterocycles. The minimum Gasteiger partial charge on any atom is -0.421 e. The Morgan fingerprint density at radius 3 is 1.12 bits per heavy atom. The lowest BCUT2D eigenvalue weighted by Crippen LogP contribution is -2.72. The molecule has 0 heterocycles. The molecule has 0 rings (SSSR count). The highest BCUT2D eigenvalue weighted by molar-refractivity contribution is 7.24. The van der Waals surface area contributed by atoms with E-state index in [1.165, 1.54) is 0 Å². The van der Waals surface area contributed by atoms with Crippen LogP contribution in [0.15, 0.2) is 0 Å². The van der Waals surface area contributed by atoms with E-state index in [0.29, 0.717) is 3.91 Å². The van der Waals surface area contributed by atoms with Crippen molar-refractivity contribution < 1.29 is 4.43 Å². The molecule has 0 fully saturated rings. The van der Waals surface area contributed by atoms with Crippen molar-refractivity contribution >= 4 is 33.3 Å². The van der Waals surface area contributed by atoms with Gasteiger partial charge in [-0.25, -0.2) is 0 Å². The molecule has 0 aromatic heterocycles. The average Bonchev–Trinajstić information content (AvgIpc) is 1.97. The maximum atomic E-state index is 6.15. The summed E-state index contributed by atoms with van der Waals surface area (Å²) in [6.07, 6.45) is 0. The number of rotatable bonds is 5. The fourth-order valence-corrected chi connectivity index (χ4v) is 46.7. The third-order valence-corrected chi connectivity index (χ3v) is 36.7. The first-order valence-electron chi connectivity index (χ1n) is 6.61. The highest BCUT2D eigenvalue weighted by Crippen LogP contribution is 2.55. The standard InChI is InChI=1S/C12H33OSi4/c1-13-17(10,11)12(14(2)3,15(4,5)6)16(7,8)9/h1-11H3. The first kappa shape index (κ1) is 17.8. The molecule has 0 spiro atoms. The van der Waals surface area contributed by atoms with Gasteiger partial charge >= 0.3 is 0 Å². The number of hydrogen-bond acceptors (Lipinski definition) is 1. The smallest absolute Gasteiger partial charge is 0.184 e. The largest absolute Gasteiger partial charge is 0.421 e. The number of hydrogen-bond donors (Lipinski definition) is 0. The van der Waals surface area contributed by atoms with E-state index in [4.69, 9.17) is 4.43 Å². The van der Waals surface area contributed by atoms with Crippen LogP contribution in [-0.4, -0.2) is 40.4 Å². The Morgan fingerprint density at radius 1 is 0.765 bits per heavy atom. The molecule has 0 amide bonds. The summed E-state index contributed by atoms with van der Waals surface area (Å²) in [5, 5.41) is 0. The summed E-state index contributed by atoms with van der Waals surface area (Å²) in [5.74, 6) is 0. The molecule has 0 atom stereocenters. The third-order valence-electron chi connectivity index (χ3n) is 4.41.